The number of benzene rings is 1. The Kier molecular flexibility index (Phi) is 2.61. The van der Waals surface area contributed by atoms with Crippen LogP contribution in [0.5, 0.6) is 11.5 Å². The third-order valence-electron chi connectivity index (χ3n) is 2.20. The zero-order valence-corrected chi connectivity index (χ0v) is 8.11. The van der Waals surface area contributed by atoms with Crippen molar-refractivity contribution in [2.24, 2.45) is 0 Å². The molecule has 0 aliphatic heterocycles. The average molecular weight is 212 g/mol. The first-order valence-corrected chi connectivity index (χ1v) is 4.26. The zero-order valence-electron chi connectivity index (χ0n) is 8.11. The van der Waals surface area contributed by atoms with Crippen LogP contribution in [0.2, 0.25) is 0 Å². The van der Waals surface area contributed by atoms with E-state index in [1.807, 2.05) is 0 Å². The molecule has 15 heavy (non-hydrogen) atoms. The summed E-state index contributed by atoms with van der Waals surface area (Å²) in [7, 11) is 0. The van der Waals surface area contributed by atoms with E-state index in [0.29, 0.717) is 0 Å². The molecule has 0 aliphatic rings. The number of carbonyl (C=O) groups is 1. The van der Waals surface area contributed by atoms with Gasteiger partial charge in [0.2, 0.25) is 0 Å². The van der Waals surface area contributed by atoms with Gasteiger partial charge in [-0.3, -0.25) is 0 Å². The summed E-state index contributed by atoms with van der Waals surface area (Å²) < 4.78 is 0. The normalized spacial score (nSPS) is 10.2. The second-order valence-corrected chi connectivity index (χ2v) is 3.04. The molecule has 0 aromatic heterocycles. The van der Waals surface area contributed by atoms with Gasteiger partial charge in [-0.15, -0.1) is 0 Å². The maximum absolute atomic E-state index is 10.9. The summed E-state index contributed by atoms with van der Waals surface area (Å²) in [5.41, 5.74) is 10.1. The molecular weight excluding hydrogens is 200 g/mol. The highest BCUT2D eigenvalue weighted by atomic mass is 16.4. The van der Waals surface area contributed by atoms with Gasteiger partial charge >= 0.3 is 5.97 Å². The fourth-order valence-electron chi connectivity index (χ4n) is 1.41. The van der Waals surface area contributed by atoms with Gasteiger partial charge in [0.05, 0.1) is 5.69 Å². The number of carboxylic acid groups (broad SMARTS) is 1. The highest BCUT2D eigenvalue weighted by molar-refractivity contribution is 5.99. The van der Waals surface area contributed by atoms with Gasteiger partial charge in [-0.2, -0.15) is 0 Å². The van der Waals surface area contributed by atoms with Crippen LogP contribution in [0.25, 0.3) is 0 Å². The maximum Gasteiger partial charge on any atom is 0.339 e. The second-order valence-electron chi connectivity index (χ2n) is 3.04. The number of nitrogens with two attached hydrogens (primary N) is 2. The van der Waals surface area contributed by atoms with Crippen LogP contribution >= 0.6 is 0 Å². The van der Waals surface area contributed by atoms with E-state index in [0.717, 1.165) is 0 Å². The highest BCUT2D eigenvalue weighted by Crippen LogP contribution is 2.42. The van der Waals surface area contributed by atoms with E-state index in [2.05, 4.69) is 0 Å². The average Bonchev–Trinajstić information content (AvgIpc) is 2.19. The van der Waals surface area contributed by atoms with Crippen molar-refractivity contribution >= 4 is 17.3 Å². The molecule has 0 saturated carbocycles. The highest BCUT2D eigenvalue weighted by Gasteiger charge is 2.23. The molecule has 6 nitrogen and oxygen atoms in total. The lowest BCUT2D eigenvalue weighted by Crippen LogP contribution is -2.08. The largest absolute Gasteiger partial charge is 0.505 e. The molecule has 0 amide bonds. The summed E-state index contributed by atoms with van der Waals surface area (Å²) in [6.45, 7) is 1.66. The number of aromatic hydroxyl groups is 2. The number of carboxylic acids is 1. The van der Waals surface area contributed by atoms with Gasteiger partial charge in [0, 0.05) is 0 Å². The van der Waals surface area contributed by atoms with Crippen molar-refractivity contribution in [2.75, 3.05) is 11.5 Å². The Balaban J connectivity index is 3.70. The number of phenols is 2. The molecule has 0 radical (unpaired) electrons. The Hall–Kier alpha value is -2.11. The van der Waals surface area contributed by atoms with Crippen LogP contribution in [0.1, 0.15) is 22.8 Å². The lowest BCUT2D eigenvalue weighted by molar-refractivity contribution is 0.0692. The number of aromatic carboxylic acids is 1. The summed E-state index contributed by atoms with van der Waals surface area (Å²) in [5.74, 6) is -2.46. The van der Waals surface area contributed by atoms with Gasteiger partial charge in [0.1, 0.15) is 11.3 Å². The number of hydrogen-bond donors (Lipinski definition) is 5. The summed E-state index contributed by atoms with van der Waals surface area (Å²) in [6.07, 6.45) is 0.273. The van der Waals surface area contributed by atoms with Crippen LogP contribution in [0, 0.1) is 0 Å². The number of rotatable bonds is 2. The molecule has 0 aliphatic carbocycles. The third kappa shape index (κ3) is 1.50. The van der Waals surface area contributed by atoms with Crippen molar-refractivity contribution in [3.05, 3.63) is 11.1 Å². The monoisotopic (exact) mass is 212 g/mol. The predicted molar refractivity (Wildman–Crippen MR) is 54.9 cm³/mol. The minimum absolute atomic E-state index is 0.106. The first-order valence-electron chi connectivity index (χ1n) is 4.26. The van der Waals surface area contributed by atoms with Gasteiger partial charge in [0.25, 0.3) is 0 Å². The van der Waals surface area contributed by atoms with Gasteiger partial charge in [0.15, 0.2) is 11.5 Å². The summed E-state index contributed by atoms with van der Waals surface area (Å²) in [4.78, 5) is 10.9. The number of hydrogen-bond acceptors (Lipinski definition) is 5. The quantitative estimate of drug-likeness (QED) is 0.276. The topological polar surface area (TPSA) is 130 Å². The van der Waals surface area contributed by atoms with Crippen molar-refractivity contribution in [3.8, 4) is 11.5 Å². The lowest BCUT2D eigenvalue weighted by Gasteiger charge is -2.13. The molecule has 6 heteroatoms. The van der Waals surface area contributed by atoms with Crippen LogP contribution in [-0.2, 0) is 6.42 Å². The fourth-order valence-corrected chi connectivity index (χ4v) is 1.41. The summed E-state index contributed by atoms with van der Waals surface area (Å²) in [6, 6.07) is 0. The van der Waals surface area contributed by atoms with Gasteiger partial charge < -0.3 is 26.8 Å². The van der Waals surface area contributed by atoms with Gasteiger partial charge in [-0.25, -0.2) is 4.79 Å². The van der Waals surface area contributed by atoms with Crippen LogP contribution in [-0.4, -0.2) is 21.3 Å². The zero-order chi connectivity index (χ0) is 11.7. The van der Waals surface area contributed by atoms with Crippen molar-refractivity contribution in [3.63, 3.8) is 0 Å². The van der Waals surface area contributed by atoms with Crippen molar-refractivity contribution in [1.29, 1.82) is 0 Å². The van der Waals surface area contributed by atoms with Gasteiger partial charge in [-0.1, -0.05) is 6.92 Å². The van der Waals surface area contributed by atoms with Gasteiger partial charge in [-0.05, 0) is 12.0 Å². The Bertz CT molecular complexity index is 429. The molecule has 7 N–H and O–H groups in total. The standard InChI is InChI=1S/C9H12N2O4/c1-2-3-4(9(14)15)7(12)6(11)8(13)5(3)10/h12-13H,2,10-11H2,1H3,(H,14,15). The molecule has 0 atom stereocenters. The Labute approximate surface area is 85.8 Å². The SMILES string of the molecule is CCc1c(N)c(O)c(N)c(O)c1C(=O)O. The van der Waals surface area contributed by atoms with E-state index >= 15 is 0 Å². The van der Waals surface area contributed by atoms with Crippen LogP contribution in [0.15, 0.2) is 0 Å². The smallest absolute Gasteiger partial charge is 0.339 e. The molecule has 1 aromatic rings. The molecule has 1 rings (SSSR count). The van der Waals surface area contributed by atoms with Crippen LogP contribution in [0.3, 0.4) is 0 Å². The van der Waals surface area contributed by atoms with E-state index in [1.165, 1.54) is 0 Å². The van der Waals surface area contributed by atoms with E-state index in [4.69, 9.17) is 16.6 Å². The van der Waals surface area contributed by atoms with Crippen LogP contribution < -0.4 is 11.5 Å². The molecule has 0 spiro atoms. The Morgan fingerprint density at radius 3 is 2.13 bits per heavy atom. The van der Waals surface area contributed by atoms with E-state index < -0.39 is 23.2 Å². The molecule has 0 bridgehead atoms. The van der Waals surface area contributed by atoms with Crippen molar-refractivity contribution in [1.82, 2.24) is 0 Å². The lowest BCUT2D eigenvalue weighted by atomic mass is 10.00. The molecule has 1 aromatic carbocycles. The molecule has 0 heterocycles. The molecule has 0 unspecified atom stereocenters. The first-order chi connectivity index (χ1) is 6.91. The minimum atomic E-state index is -1.33. The first kappa shape index (κ1) is 11.0. The minimum Gasteiger partial charge on any atom is -0.505 e. The molecule has 82 valence electrons. The molecule has 0 saturated heterocycles. The van der Waals surface area contributed by atoms with Crippen LogP contribution in [0.4, 0.5) is 11.4 Å². The summed E-state index contributed by atoms with van der Waals surface area (Å²) in [5, 5.41) is 27.7. The summed E-state index contributed by atoms with van der Waals surface area (Å²) >= 11 is 0. The molecular formula is C9H12N2O4. The van der Waals surface area contributed by atoms with E-state index in [9.17, 15) is 15.0 Å². The third-order valence-corrected chi connectivity index (χ3v) is 2.20. The Morgan fingerprint density at radius 1 is 1.20 bits per heavy atom. The second kappa shape index (κ2) is 3.56. The van der Waals surface area contributed by atoms with E-state index in [1.54, 1.807) is 6.92 Å². The Morgan fingerprint density at radius 2 is 1.73 bits per heavy atom. The predicted octanol–water partition coefficient (Wildman–Crippen LogP) is 0.523. The fraction of sp³-hybridized carbons (Fsp3) is 0.222. The van der Waals surface area contributed by atoms with E-state index in [-0.39, 0.29) is 23.2 Å². The van der Waals surface area contributed by atoms with Crippen molar-refractivity contribution < 1.29 is 20.1 Å². The van der Waals surface area contributed by atoms with Crippen molar-refractivity contribution in [2.45, 2.75) is 13.3 Å². The molecule has 0 fully saturated rings. The maximum atomic E-state index is 10.9. The number of phenolic OH excluding ortho intramolecular Hbond substituents is 1. The number of nitrogen functional groups attached to an aromatic ring is 2. The number of anilines is 2.